The minimum Gasteiger partial charge on any atom is -0.348 e. The number of unbranched alkanes of at least 4 members (excludes halogenated alkanes) is 1. The lowest BCUT2D eigenvalue weighted by molar-refractivity contribution is 0.0924. The van der Waals surface area contributed by atoms with Crippen molar-refractivity contribution >= 4 is 18.3 Å². The van der Waals surface area contributed by atoms with Crippen molar-refractivity contribution in [3.63, 3.8) is 0 Å². The summed E-state index contributed by atoms with van der Waals surface area (Å²) in [7, 11) is 0. The molecule has 0 fully saturated rings. The molecule has 8 heteroatoms. The second-order valence-electron chi connectivity index (χ2n) is 4.39. The van der Waals surface area contributed by atoms with Crippen LogP contribution in [-0.2, 0) is 0 Å². The maximum atomic E-state index is 13.4. The minimum absolute atomic E-state index is 0. The van der Waals surface area contributed by atoms with Gasteiger partial charge in [0.2, 0.25) is 0 Å². The molecule has 1 aromatic carbocycles. The second-order valence-corrected chi connectivity index (χ2v) is 4.39. The molecule has 0 saturated carbocycles. The third kappa shape index (κ3) is 4.86. The maximum absolute atomic E-state index is 13.4. The normalized spacial score (nSPS) is 11.7. The second kappa shape index (κ2) is 8.84. The number of rotatable bonds is 6. The molecule has 0 heterocycles. The maximum Gasteiger partial charge on any atom is 0.257 e. The fourth-order valence-corrected chi connectivity index (χ4v) is 1.73. The molecule has 0 aliphatic rings. The molecule has 0 spiro atoms. The number of hydrogen-bond acceptors (Lipinski definition) is 2. The number of hydrogen-bond donors (Lipinski definition) is 2. The van der Waals surface area contributed by atoms with Gasteiger partial charge >= 0.3 is 0 Å². The molecule has 1 rings (SSSR count). The van der Waals surface area contributed by atoms with Gasteiger partial charge < -0.3 is 11.1 Å². The van der Waals surface area contributed by atoms with Crippen molar-refractivity contribution in [1.82, 2.24) is 5.32 Å². The molecule has 1 aromatic rings. The van der Waals surface area contributed by atoms with Crippen LogP contribution in [0.1, 0.15) is 36.5 Å². The standard InChI is InChI=1S/C13H16F4N2O.ClH/c1-2-3-4-7(6-18)19-13(20)10-11(16)8(14)5-9(15)12(10)17;/h5,7H,2-4,6,18H2,1H3,(H,19,20);1H. The van der Waals surface area contributed by atoms with Crippen molar-refractivity contribution < 1.29 is 22.4 Å². The zero-order valence-electron chi connectivity index (χ0n) is 11.4. The van der Waals surface area contributed by atoms with Crippen LogP contribution in [0.5, 0.6) is 0 Å². The van der Waals surface area contributed by atoms with E-state index in [-0.39, 0.29) is 25.0 Å². The molecule has 3 N–H and O–H groups in total. The van der Waals surface area contributed by atoms with Gasteiger partial charge in [0.05, 0.1) is 0 Å². The molecule has 0 aliphatic heterocycles. The predicted molar refractivity (Wildman–Crippen MR) is 73.4 cm³/mol. The Morgan fingerprint density at radius 1 is 1.24 bits per heavy atom. The fourth-order valence-electron chi connectivity index (χ4n) is 1.73. The van der Waals surface area contributed by atoms with E-state index in [2.05, 4.69) is 5.32 Å². The summed E-state index contributed by atoms with van der Waals surface area (Å²) >= 11 is 0. The van der Waals surface area contributed by atoms with Crippen LogP contribution in [0.15, 0.2) is 6.07 Å². The summed E-state index contributed by atoms with van der Waals surface area (Å²) in [5, 5.41) is 2.28. The van der Waals surface area contributed by atoms with Gasteiger partial charge in [0.1, 0.15) is 5.56 Å². The predicted octanol–water partition coefficient (Wildman–Crippen LogP) is 2.91. The van der Waals surface area contributed by atoms with Gasteiger partial charge in [0.15, 0.2) is 23.3 Å². The van der Waals surface area contributed by atoms with Crippen LogP contribution in [-0.4, -0.2) is 18.5 Å². The smallest absolute Gasteiger partial charge is 0.257 e. The molecule has 3 nitrogen and oxygen atoms in total. The molecule has 0 aromatic heterocycles. The van der Waals surface area contributed by atoms with Gasteiger partial charge in [-0.25, -0.2) is 17.6 Å². The summed E-state index contributed by atoms with van der Waals surface area (Å²) in [6.07, 6.45) is 2.12. The Balaban J connectivity index is 0.00000400. The van der Waals surface area contributed by atoms with E-state index in [1.54, 1.807) is 0 Å². The van der Waals surface area contributed by atoms with E-state index in [4.69, 9.17) is 5.73 Å². The van der Waals surface area contributed by atoms with E-state index in [1.807, 2.05) is 6.92 Å². The molecular weight excluding hydrogens is 312 g/mol. The van der Waals surface area contributed by atoms with Gasteiger partial charge in [0.25, 0.3) is 5.91 Å². The van der Waals surface area contributed by atoms with Crippen LogP contribution in [0.2, 0.25) is 0 Å². The molecule has 1 unspecified atom stereocenters. The Hall–Kier alpha value is -1.34. The Labute approximate surface area is 126 Å². The van der Waals surface area contributed by atoms with Crippen LogP contribution < -0.4 is 11.1 Å². The molecule has 0 radical (unpaired) electrons. The highest BCUT2D eigenvalue weighted by atomic mass is 35.5. The van der Waals surface area contributed by atoms with Gasteiger partial charge in [-0.15, -0.1) is 12.4 Å². The molecular formula is C13H17ClF4N2O. The lowest BCUT2D eigenvalue weighted by Crippen LogP contribution is -2.41. The summed E-state index contributed by atoms with van der Waals surface area (Å²) in [5.41, 5.74) is 4.16. The highest BCUT2D eigenvalue weighted by Crippen LogP contribution is 2.19. The Morgan fingerprint density at radius 3 is 2.19 bits per heavy atom. The van der Waals surface area contributed by atoms with E-state index in [0.29, 0.717) is 6.42 Å². The van der Waals surface area contributed by atoms with Gasteiger partial charge in [-0.1, -0.05) is 19.8 Å². The van der Waals surface area contributed by atoms with Gasteiger partial charge in [-0.2, -0.15) is 0 Å². The Bertz CT molecular complexity index is 473. The summed E-state index contributed by atoms with van der Waals surface area (Å²) in [6, 6.07) is -0.452. The molecule has 120 valence electrons. The van der Waals surface area contributed by atoms with Crippen molar-refractivity contribution in [3.05, 3.63) is 34.9 Å². The molecule has 1 amide bonds. The molecule has 0 aliphatic carbocycles. The van der Waals surface area contributed by atoms with Crippen molar-refractivity contribution in [3.8, 4) is 0 Å². The Morgan fingerprint density at radius 2 is 1.76 bits per heavy atom. The quantitative estimate of drug-likeness (QED) is 0.623. The molecule has 0 saturated heterocycles. The van der Waals surface area contributed by atoms with Crippen molar-refractivity contribution in [2.24, 2.45) is 5.73 Å². The highest BCUT2D eigenvalue weighted by molar-refractivity contribution is 5.95. The van der Waals surface area contributed by atoms with Crippen LogP contribution in [0.4, 0.5) is 17.6 Å². The SMILES string of the molecule is CCCCC(CN)NC(=O)c1c(F)c(F)cc(F)c1F.Cl. The van der Waals surface area contributed by atoms with Crippen LogP contribution >= 0.6 is 12.4 Å². The molecule has 1 atom stereocenters. The van der Waals surface area contributed by atoms with E-state index >= 15 is 0 Å². The number of benzene rings is 1. The van der Waals surface area contributed by atoms with E-state index in [1.165, 1.54) is 0 Å². The number of nitrogens with two attached hydrogens (primary N) is 1. The number of nitrogens with one attached hydrogen (secondary N) is 1. The third-order valence-electron chi connectivity index (χ3n) is 2.86. The Kier molecular flexibility index (Phi) is 8.27. The highest BCUT2D eigenvalue weighted by Gasteiger charge is 2.25. The van der Waals surface area contributed by atoms with Gasteiger partial charge in [-0.3, -0.25) is 4.79 Å². The number of amides is 1. The summed E-state index contributed by atoms with van der Waals surface area (Å²) in [5.74, 6) is -7.89. The fraction of sp³-hybridized carbons (Fsp3) is 0.462. The number of carbonyl (C=O) groups is 1. The lowest BCUT2D eigenvalue weighted by atomic mass is 10.1. The summed E-state index contributed by atoms with van der Waals surface area (Å²) < 4.78 is 52.9. The average molecular weight is 329 g/mol. The zero-order valence-corrected chi connectivity index (χ0v) is 12.2. The van der Waals surface area contributed by atoms with Crippen LogP contribution in [0, 0.1) is 23.3 Å². The molecule has 21 heavy (non-hydrogen) atoms. The topological polar surface area (TPSA) is 55.1 Å². The van der Waals surface area contributed by atoms with Crippen molar-refractivity contribution in [2.45, 2.75) is 32.2 Å². The van der Waals surface area contributed by atoms with E-state index < -0.39 is 40.8 Å². The zero-order chi connectivity index (χ0) is 15.3. The number of halogens is 5. The number of carbonyl (C=O) groups excluding carboxylic acids is 1. The first kappa shape index (κ1) is 19.7. The minimum atomic E-state index is -1.72. The average Bonchev–Trinajstić information content (AvgIpc) is 2.41. The lowest BCUT2D eigenvalue weighted by Gasteiger charge is -2.17. The first-order valence-electron chi connectivity index (χ1n) is 6.26. The summed E-state index contributed by atoms with van der Waals surface area (Å²) in [6.45, 7) is 1.99. The van der Waals surface area contributed by atoms with Gasteiger partial charge in [0, 0.05) is 18.7 Å². The van der Waals surface area contributed by atoms with Gasteiger partial charge in [-0.05, 0) is 6.42 Å². The monoisotopic (exact) mass is 328 g/mol. The van der Waals surface area contributed by atoms with E-state index in [0.717, 1.165) is 12.8 Å². The van der Waals surface area contributed by atoms with E-state index in [9.17, 15) is 22.4 Å². The van der Waals surface area contributed by atoms with Crippen molar-refractivity contribution in [1.29, 1.82) is 0 Å². The van der Waals surface area contributed by atoms with Crippen molar-refractivity contribution in [2.75, 3.05) is 6.54 Å². The summed E-state index contributed by atoms with van der Waals surface area (Å²) in [4.78, 5) is 11.7. The largest absolute Gasteiger partial charge is 0.348 e. The van der Waals surface area contributed by atoms with Crippen LogP contribution in [0.3, 0.4) is 0 Å². The first-order valence-corrected chi connectivity index (χ1v) is 6.26. The van der Waals surface area contributed by atoms with Crippen LogP contribution in [0.25, 0.3) is 0 Å². The molecule has 0 bridgehead atoms. The first-order chi connectivity index (χ1) is 9.42. The third-order valence-corrected chi connectivity index (χ3v) is 2.86.